The summed E-state index contributed by atoms with van der Waals surface area (Å²) in [5.41, 5.74) is 4.64. The monoisotopic (exact) mass is 1240 g/mol. The van der Waals surface area contributed by atoms with E-state index in [2.05, 4.69) is 53.1 Å². The predicted octanol–water partition coefficient (Wildman–Crippen LogP) is 4.36. The highest BCUT2D eigenvalue weighted by Crippen LogP contribution is 2.49. The Morgan fingerprint density at radius 1 is 1.01 bits per heavy atom. The molecule has 0 saturated carbocycles. The number of epoxide rings is 1. The molecule has 4 aliphatic heterocycles. The van der Waals surface area contributed by atoms with E-state index in [9.17, 15) is 43.8 Å². The fourth-order valence-corrected chi connectivity index (χ4v) is 11.0. The van der Waals surface area contributed by atoms with E-state index in [1.54, 1.807) is 59.0 Å². The van der Waals surface area contributed by atoms with Crippen LogP contribution in [0.3, 0.4) is 0 Å². The summed E-state index contributed by atoms with van der Waals surface area (Å²) >= 11 is 15.8. The number of primary amides is 1. The molecule has 11 N–H and O–H groups in total. The zero-order valence-electron chi connectivity index (χ0n) is 47.0. The molecule has 448 valence electrons. The second-order valence-electron chi connectivity index (χ2n) is 21.1. The zero-order chi connectivity index (χ0) is 60.2. The van der Waals surface area contributed by atoms with Crippen LogP contribution in [0.2, 0.25) is 5.02 Å². The van der Waals surface area contributed by atoms with Gasteiger partial charge in [-0.3, -0.25) is 34.2 Å². The molecule has 4 bridgehead atoms. The predicted molar refractivity (Wildman–Crippen MR) is 312 cm³/mol. The number of aliphatic hydroxyl groups excluding tert-OH is 1. The van der Waals surface area contributed by atoms with Crippen LogP contribution >= 0.6 is 39.7 Å². The van der Waals surface area contributed by atoms with Gasteiger partial charge in [0, 0.05) is 68.4 Å². The number of carbonyl (C=O) groups is 7. The van der Waals surface area contributed by atoms with E-state index in [1.165, 1.54) is 49.5 Å². The number of allylic oxidation sites excluding steroid dienone is 3. The number of hydrogen-bond donors (Lipinski definition) is 10. The number of urea groups is 1. The van der Waals surface area contributed by atoms with Crippen molar-refractivity contribution in [3.8, 4) is 5.75 Å². The second kappa shape index (κ2) is 28.8. The van der Waals surface area contributed by atoms with Gasteiger partial charge >= 0.3 is 12.1 Å². The van der Waals surface area contributed by atoms with Gasteiger partial charge in [0.15, 0.2) is 10.8 Å². The first-order valence-electron chi connectivity index (χ1n) is 26.8. The van der Waals surface area contributed by atoms with Gasteiger partial charge in [-0.15, -0.1) is 0 Å². The number of rotatable bonds is 19. The van der Waals surface area contributed by atoms with Crippen molar-refractivity contribution < 1.29 is 67.5 Å². The van der Waals surface area contributed by atoms with Crippen molar-refractivity contribution in [2.75, 3.05) is 56.4 Å². The van der Waals surface area contributed by atoms with Crippen LogP contribution in [0.4, 0.5) is 26.7 Å². The maximum absolute atomic E-state index is 14.4. The first-order valence-corrected chi connectivity index (χ1v) is 28.4. The van der Waals surface area contributed by atoms with Crippen LogP contribution in [0.15, 0.2) is 70.8 Å². The molecular weight excluding hydrogens is 1170 g/mol. The Bertz CT molecular complexity index is 2810. The number of imide groups is 1. The Kier molecular flexibility index (Phi) is 22.8. The maximum Gasteiger partial charge on any atom is 0.412 e. The number of hydrogen-bond acceptors (Lipinski definition) is 16. The number of amides is 8. The number of nitrogens with two attached hydrogens (primary N) is 1. The average Bonchev–Trinajstić information content (AvgIpc) is 2.00. The number of ether oxygens (including phenoxy) is 5. The summed E-state index contributed by atoms with van der Waals surface area (Å²) in [7, 11) is 4.45. The first-order chi connectivity index (χ1) is 38.8. The van der Waals surface area contributed by atoms with Gasteiger partial charge in [-0.1, -0.05) is 56.2 Å². The van der Waals surface area contributed by atoms with Gasteiger partial charge in [0.2, 0.25) is 24.1 Å². The number of fused-ring (bicyclic) bond motifs is 5. The minimum absolute atomic E-state index is 0.0552. The maximum atomic E-state index is 14.4. The van der Waals surface area contributed by atoms with E-state index in [0.717, 1.165) is 16.0 Å². The number of nitrogens with zero attached hydrogens (tertiary/aromatic N) is 2. The molecule has 27 heteroatoms. The van der Waals surface area contributed by atoms with Crippen LogP contribution in [0.1, 0.15) is 78.7 Å². The van der Waals surface area contributed by atoms with Crippen LogP contribution in [-0.4, -0.2) is 157 Å². The van der Waals surface area contributed by atoms with E-state index in [1.807, 2.05) is 13.0 Å². The number of nitrogens with one attached hydrogen (secondary N) is 7. The van der Waals surface area contributed by atoms with Crippen molar-refractivity contribution in [3.05, 3.63) is 81.3 Å². The zero-order valence-corrected chi connectivity index (χ0v) is 50.1. The number of benzene rings is 2. The fourth-order valence-electron chi connectivity index (χ4n) is 9.93. The highest BCUT2D eigenvalue weighted by atomic mass is 79.9. The molecule has 2 saturated heterocycles. The molecule has 24 nitrogen and oxygen atoms in total. The summed E-state index contributed by atoms with van der Waals surface area (Å²) in [5, 5.41) is 42.8. The minimum atomic E-state index is -1.80. The van der Waals surface area contributed by atoms with E-state index < -0.39 is 96.4 Å². The Morgan fingerprint density at radius 3 is 2.38 bits per heavy atom. The quantitative estimate of drug-likeness (QED) is 0.0404. The van der Waals surface area contributed by atoms with Crippen molar-refractivity contribution in [3.63, 3.8) is 0 Å². The summed E-state index contributed by atoms with van der Waals surface area (Å²) in [6, 6.07) is 5.31. The summed E-state index contributed by atoms with van der Waals surface area (Å²) in [4.78, 5) is 94.0. The van der Waals surface area contributed by atoms with Gasteiger partial charge in [-0.2, -0.15) is 0 Å². The van der Waals surface area contributed by atoms with Crippen molar-refractivity contribution in [2.24, 2.45) is 17.6 Å². The van der Waals surface area contributed by atoms with Crippen molar-refractivity contribution >= 4 is 104 Å². The molecule has 8 amide bonds. The van der Waals surface area contributed by atoms with Crippen LogP contribution in [0, 0.1) is 11.8 Å². The SMILES string of the molecule is COc1cc2cc(c1Cl)N(C)C(=O)C[C@H](OC(=O)Nc1ccc(NC(=O)[C@H](CCCNC(N)=O)NC(=O)[C@@H](NC(=S)NCCCCN3C(=O)C=CC3=O)C(C)C)cc1Br)[C@]1(C)O[C@H]1[C@H](C)[C@@H]1C[C@@](O)(NC(O)O1)[C@H](OC)/C=C/C=C(\C)C2. The normalized spacial score (nSPS) is 26.4. The average molecular weight is 1250 g/mol. The molecule has 0 spiro atoms. The van der Waals surface area contributed by atoms with Crippen LogP contribution in [-0.2, 0) is 49.3 Å². The number of unbranched alkanes of at least 4 members (excludes halogenated alkanes) is 1. The lowest BCUT2D eigenvalue weighted by molar-refractivity contribution is -0.271. The standard InChI is InChI=1S/C55H74BrClN10O14S/c1-29(2)46(64-51(82)60-20-9-10-22-67-42(68)18-19-43(67)69)49(72)62-36(14-12-21-59-50(58)73)48(71)61-33-16-17-35(34(56)26-33)63-52(74)80-41-27-44(70)66(6)37-24-32(25-38(77-7)45(37)57)23-30(3)13-11-15-40(78-8)55(76)28-39(79-53(75)65-55)31(4)47-54(41,5)81-47/h11,13,15-19,24-26,29,31,36,39-41,46-47,53,65,75-76H,9-10,12,14,20-23,27-28H2,1-8H3,(H,61,71)(H,62,72)(H,63,74)(H3,58,59,73)(H2,60,64,82)/b15-11+,30-13+/t31-,36+,39+,40-,41+,46+,47+,53?,54+,55+/m1/s1. The molecular formula is C55H74BrClN10O14S. The third-order valence-corrected chi connectivity index (χ3v) is 15.9. The number of thiocarbonyl (C=S) groups is 1. The van der Waals surface area contributed by atoms with Gasteiger partial charge in [0.25, 0.3) is 11.8 Å². The van der Waals surface area contributed by atoms with Gasteiger partial charge in [-0.05, 0) is 116 Å². The summed E-state index contributed by atoms with van der Waals surface area (Å²) in [6.07, 6.45) is 2.83. The van der Waals surface area contributed by atoms with Crippen LogP contribution in [0.5, 0.6) is 5.75 Å². The Hall–Kier alpha value is -6.23. The molecule has 2 aromatic carbocycles. The number of aliphatic hydroxyl groups is 2. The molecule has 2 aromatic rings. The van der Waals surface area contributed by atoms with Crippen molar-refractivity contribution in [1.29, 1.82) is 0 Å². The number of anilines is 3. The van der Waals surface area contributed by atoms with Gasteiger partial charge in [0.05, 0.1) is 37.1 Å². The van der Waals surface area contributed by atoms with Gasteiger partial charge in [-0.25, -0.2) is 14.9 Å². The second-order valence-corrected chi connectivity index (χ2v) is 22.7. The Labute approximate surface area is 495 Å². The van der Waals surface area contributed by atoms with E-state index >= 15 is 0 Å². The molecule has 0 aromatic heterocycles. The molecule has 4 heterocycles. The third kappa shape index (κ3) is 17.0. The molecule has 10 atom stereocenters. The molecule has 1 unspecified atom stereocenters. The summed E-state index contributed by atoms with van der Waals surface area (Å²) in [6.45, 7) is 9.77. The summed E-state index contributed by atoms with van der Waals surface area (Å²) in [5.74, 6) is -2.88. The molecule has 6 rings (SSSR count). The van der Waals surface area contributed by atoms with E-state index in [4.69, 9.17) is 53.2 Å². The largest absolute Gasteiger partial charge is 0.495 e. The van der Waals surface area contributed by atoms with Gasteiger partial charge in [0.1, 0.15) is 40.7 Å². The lowest BCUT2D eigenvalue weighted by Gasteiger charge is -2.44. The van der Waals surface area contributed by atoms with Crippen LogP contribution < -0.4 is 52.6 Å². The number of methoxy groups -OCH3 is 2. The molecule has 0 radical (unpaired) electrons. The van der Waals surface area contributed by atoms with Crippen molar-refractivity contribution in [1.82, 2.24) is 31.5 Å². The highest BCUT2D eigenvalue weighted by molar-refractivity contribution is 9.10. The number of halogens is 2. The third-order valence-electron chi connectivity index (χ3n) is 14.6. The molecule has 82 heavy (non-hydrogen) atoms. The van der Waals surface area contributed by atoms with E-state index in [0.29, 0.717) is 41.7 Å². The Morgan fingerprint density at radius 2 is 1.72 bits per heavy atom. The van der Waals surface area contributed by atoms with E-state index in [-0.39, 0.29) is 71.6 Å². The van der Waals surface area contributed by atoms with Crippen molar-refractivity contribution in [2.45, 2.75) is 134 Å². The minimum Gasteiger partial charge on any atom is -0.495 e. The fraction of sp³-hybridized carbons (Fsp3) is 0.527. The Balaban J connectivity index is 1.16. The van der Waals surface area contributed by atoms with Gasteiger partial charge < -0.3 is 71.1 Å². The smallest absolute Gasteiger partial charge is 0.412 e. The van der Waals surface area contributed by atoms with Crippen LogP contribution in [0.25, 0.3) is 0 Å². The molecule has 0 aliphatic carbocycles. The lowest BCUT2D eigenvalue weighted by atomic mass is 9.83. The summed E-state index contributed by atoms with van der Waals surface area (Å²) < 4.78 is 30.0. The lowest BCUT2D eigenvalue weighted by Crippen LogP contribution is -2.65. The number of carbonyl (C=O) groups excluding carboxylic acids is 7. The first kappa shape index (κ1) is 64.9. The highest BCUT2D eigenvalue weighted by Gasteiger charge is 2.64. The molecule has 4 aliphatic rings. The topological polar surface area (TPSA) is 326 Å². The molecule has 2 fully saturated rings.